The van der Waals surface area contributed by atoms with E-state index in [1.54, 1.807) is 11.3 Å². The molecule has 0 saturated heterocycles. The van der Waals surface area contributed by atoms with Gasteiger partial charge in [0.15, 0.2) is 5.16 Å². The predicted molar refractivity (Wildman–Crippen MR) is 131 cm³/mol. The Kier molecular flexibility index (Phi) is 7.39. The second kappa shape index (κ2) is 10.6. The van der Waals surface area contributed by atoms with E-state index in [4.69, 9.17) is 0 Å². The monoisotopic (exact) mass is 462 g/mol. The summed E-state index contributed by atoms with van der Waals surface area (Å²) in [6, 6.07) is 24.4. The first kappa shape index (κ1) is 22.3. The summed E-state index contributed by atoms with van der Waals surface area (Å²) in [5, 5.41) is 11.5. The number of benzene rings is 2. The zero-order valence-electron chi connectivity index (χ0n) is 18.2. The minimum atomic E-state index is -0.278. The molecule has 2 heterocycles. The molecule has 2 aromatic carbocycles. The fourth-order valence-electron chi connectivity index (χ4n) is 3.51. The van der Waals surface area contributed by atoms with Crippen molar-refractivity contribution < 1.29 is 4.79 Å². The molecule has 2 aromatic heterocycles. The molecule has 0 aliphatic heterocycles. The van der Waals surface area contributed by atoms with Gasteiger partial charge in [0, 0.05) is 30.1 Å². The number of hydrogen-bond donors (Lipinski definition) is 0. The highest BCUT2D eigenvalue weighted by atomic mass is 32.2. The lowest BCUT2D eigenvalue weighted by atomic mass is 10.2. The molecule has 1 amide bonds. The van der Waals surface area contributed by atoms with Crippen LogP contribution in [0, 0.1) is 0 Å². The van der Waals surface area contributed by atoms with Crippen LogP contribution in [0.5, 0.6) is 0 Å². The number of para-hydroxylation sites is 1. The maximum absolute atomic E-state index is 13.2. The molecule has 1 unspecified atom stereocenters. The summed E-state index contributed by atoms with van der Waals surface area (Å²) in [5.74, 6) is 0.973. The SMILES string of the molecule is CCN(Cc1ccccc1)C(=O)C(C)Sc1nnc(Cc2cccs2)n1-c1ccccc1. The molecular weight excluding hydrogens is 436 g/mol. The average molecular weight is 463 g/mol. The van der Waals surface area contributed by atoms with Gasteiger partial charge in [0.05, 0.1) is 5.25 Å². The van der Waals surface area contributed by atoms with E-state index in [2.05, 4.69) is 38.3 Å². The van der Waals surface area contributed by atoms with Gasteiger partial charge in [0.1, 0.15) is 5.82 Å². The molecule has 5 nitrogen and oxygen atoms in total. The minimum Gasteiger partial charge on any atom is -0.338 e. The molecule has 0 fully saturated rings. The van der Waals surface area contributed by atoms with Gasteiger partial charge in [-0.15, -0.1) is 21.5 Å². The Labute approximate surface area is 197 Å². The summed E-state index contributed by atoms with van der Waals surface area (Å²) in [6.45, 7) is 5.23. The lowest BCUT2D eigenvalue weighted by Gasteiger charge is -2.24. The van der Waals surface area contributed by atoms with E-state index in [1.807, 2.05) is 73.3 Å². The molecule has 1 atom stereocenters. The smallest absolute Gasteiger partial charge is 0.236 e. The van der Waals surface area contributed by atoms with Crippen LogP contribution in [0.15, 0.2) is 83.3 Å². The molecule has 0 bridgehead atoms. The van der Waals surface area contributed by atoms with Crippen LogP contribution in [0.2, 0.25) is 0 Å². The quantitative estimate of drug-likeness (QED) is 0.310. The Morgan fingerprint density at radius 2 is 1.75 bits per heavy atom. The highest BCUT2D eigenvalue weighted by Crippen LogP contribution is 2.28. The zero-order valence-corrected chi connectivity index (χ0v) is 19.9. The molecule has 164 valence electrons. The minimum absolute atomic E-state index is 0.101. The van der Waals surface area contributed by atoms with E-state index in [0.717, 1.165) is 22.2 Å². The summed E-state index contributed by atoms with van der Waals surface area (Å²) in [4.78, 5) is 16.4. The second-order valence-electron chi connectivity index (χ2n) is 7.42. The summed E-state index contributed by atoms with van der Waals surface area (Å²) in [7, 11) is 0. The van der Waals surface area contributed by atoms with E-state index < -0.39 is 0 Å². The first-order chi connectivity index (χ1) is 15.7. The summed E-state index contributed by atoms with van der Waals surface area (Å²) in [6.07, 6.45) is 0.706. The van der Waals surface area contributed by atoms with Gasteiger partial charge in [0.25, 0.3) is 0 Å². The fourth-order valence-corrected chi connectivity index (χ4v) is 5.18. The number of nitrogens with zero attached hydrogens (tertiary/aromatic N) is 4. The molecule has 0 spiro atoms. The number of thioether (sulfide) groups is 1. The van der Waals surface area contributed by atoms with E-state index in [1.165, 1.54) is 16.6 Å². The molecule has 4 rings (SSSR count). The Bertz CT molecular complexity index is 1130. The number of aromatic nitrogens is 3. The number of carbonyl (C=O) groups excluding carboxylic acids is 1. The van der Waals surface area contributed by atoms with E-state index in [0.29, 0.717) is 19.5 Å². The number of amides is 1. The third-order valence-corrected chi connectivity index (χ3v) is 7.07. The van der Waals surface area contributed by atoms with E-state index >= 15 is 0 Å². The third-order valence-electron chi connectivity index (χ3n) is 5.17. The van der Waals surface area contributed by atoms with Gasteiger partial charge in [-0.05, 0) is 43.0 Å². The standard InChI is InChI=1S/C25H26N4OS2/c1-3-28(18-20-11-6-4-7-12-20)24(30)19(2)32-25-27-26-23(17-22-15-10-16-31-22)29(25)21-13-8-5-9-14-21/h4-16,19H,3,17-18H2,1-2H3. The predicted octanol–water partition coefficient (Wildman–Crippen LogP) is 5.45. The van der Waals surface area contributed by atoms with Crippen molar-refractivity contribution in [2.24, 2.45) is 0 Å². The van der Waals surface area contributed by atoms with Crippen molar-refractivity contribution in [2.75, 3.05) is 6.54 Å². The first-order valence-electron chi connectivity index (χ1n) is 10.7. The summed E-state index contributed by atoms with van der Waals surface area (Å²) >= 11 is 3.17. The van der Waals surface area contributed by atoms with Gasteiger partial charge < -0.3 is 4.90 Å². The Morgan fingerprint density at radius 3 is 2.41 bits per heavy atom. The van der Waals surface area contributed by atoms with Gasteiger partial charge in [0.2, 0.25) is 5.91 Å². The maximum atomic E-state index is 13.2. The molecule has 0 aliphatic carbocycles. The Balaban J connectivity index is 1.56. The first-order valence-corrected chi connectivity index (χ1v) is 12.4. The van der Waals surface area contributed by atoms with Gasteiger partial charge >= 0.3 is 0 Å². The van der Waals surface area contributed by atoms with Crippen molar-refractivity contribution in [1.29, 1.82) is 0 Å². The number of hydrogen-bond acceptors (Lipinski definition) is 5. The van der Waals surface area contributed by atoms with Crippen molar-refractivity contribution in [3.05, 3.63) is 94.4 Å². The van der Waals surface area contributed by atoms with Crippen molar-refractivity contribution >= 4 is 29.0 Å². The summed E-state index contributed by atoms with van der Waals surface area (Å²) < 4.78 is 2.07. The van der Waals surface area contributed by atoms with Crippen LogP contribution >= 0.6 is 23.1 Å². The van der Waals surface area contributed by atoms with Crippen molar-refractivity contribution in [3.63, 3.8) is 0 Å². The number of carbonyl (C=O) groups is 1. The molecule has 0 radical (unpaired) electrons. The maximum Gasteiger partial charge on any atom is 0.236 e. The lowest BCUT2D eigenvalue weighted by molar-refractivity contribution is -0.130. The molecule has 32 heavy (non-hydrogen) atoms. The van der Waals surface area contributed by atoms with Gasteiger partial charge in [-0.3, -0.25) is 9.36 Å². The van der Waals surface area contributed by atoms with Gasteiger partial charge in [-0.25, -0.2) is 0 Å². The molecule has 4 aromatic rings. The van der Waals surface area contributed by atoms with Crippen LogP contribution in [-0.2, 0) is 17.8 Å². The Morgan fingerprint density at radius 1 is 1.03 bits per heavy atom. The highest BCUT2D eigenvalue weighted by Gasteiger charge is 2.24. The fraction of sp³-hybridized carbons (Fsp3) is 0.240. The average Bonchev–Trinajstić information content (AvgIpc) is 3.48. The van der Waals surface area contributed by atoms with Crippen LogP contribution in [0.25, 0.3) is 5.69 Å². The topological polar surface area (TPSA) is 51.0 Å². The van der Waals surface area contributed by atoms with Crippen molar-refractivity contribution in [2.45, 2.75) is 37.2 Å². The second-order valence-corrected chi connectivity index (χ2v) is 9.76. The largest absolute Gasteiger partial charge is 0.338 e. The molecule has 0 N–H and O–H groups in total. The van der Waals surface area contributed by atoms with Crippen molar-refractivity contribution in [1.82, 2.24) is 19.7 Å². The molecule has 0 aliphatic rings. The number of rotatable bonds is 9. The Hall–Kier alpha value is -2.90. The zero-order chi connectivity index (χ0) is 22.3. The molecule has 7 heteroatoms. The summed E-state index contributed by atoms with van der Waals surface area (Å²) in [5.41, 5.74) is 2.13. The highest BCUT2D eigenvalue weighted by molar-refractivity contribution is 8.00. The normalized spacial score (nSPS) is 11.9. The van der Waals surface area contributed by atoms with Gasteiger partial charge in [-0.1, -0.05) is 66.4 Å². The third kappa shape index (κ3) is 5.29. The van der Waals surface area contributed by atoms with Crippen molar-refractivity contribution in [3.8, 4) is 5.69 Å². The van der Waals surface area contributed by atoms with Crippen LogP contribution in [0.1, 0.15) is 30.1 Å². The van der Waals surface area contributed by atoms with Gasteiger partial charge in [-0.2, -0.15) is 0 Å². The lowest BCUT2D eigenvalue weighted by Crippen LogP contribution is -2.36. The van der Waals surface area contributed by atoms with Crippen LogP contribution in [0.4, 0.5) is 0 Å². The number of thiophene rings is 1. The van der Waals surface area contributed by atoms with E-state index in [9.17, 15) is 4.79 Å². The van der Waals surface area contributed by atoms with Crippen LogP contribution in [0.3, 0.4) is 0 Å². The van der Waals surface area contributed by atoms with Crippen LogP contribution < -0.4 is 0 Å². The molecule has 0 saturated carbocycles. The van der Waals surface area contributed by atoms with E-state index in [-0.39, 0.29) is 11.2 Å². The van der Waals surface area contributed by atoms with Crippen LogP contribution in [-0.4, -0.2) is 37.4 Å². The molecular formula is C25H26N4OS2.